The average molecular weight is 334 g/mol. The quantitative estimate of drug-likeness (QED) is 0.801. The van der Waals surface area contributed by atoms with Gasteiger partial charge in [-0.1, -0.05) is 20.8 Å². The number of hydrogen-bond acceptors (Lipinski definition) is 6. The molecule has 1 saturated heterocycles. The second-order valence-electron chi connectivity index (χ2n) is 7.16. The van der Waals surface area contributed by atoms with Crippen molar-refractivity contribution in [3.63, 3.8) is 0 Å². The first-order valence-corrected chi connectivity index (χ1v) is 8.47. The summed E-state index contributed by atoms with van der Waals surface area (Å²) >= 11 is 0. The lowest BCUT2D eigenvalue weighted by Gasteiger charge is -2.26. The maximum atomic E-state index is 12.4. The molecule has 0 aromatic carbocycles. The fourth-order valence-corrected chi connectivity index (χ4v) is 2.69. The highest BCUT2D eigenvalue weighted by Crippen LogP contribution is 2.18. The van der Waals surface area contributed by atoms with E-state index in [4.69, 9.17) is 4.74 Å². The van der Waals surface area contributed by atoms with E-state index in [-0.39, 0.29) is 11.1 Å². The summed E-state index contributed by atoms with van der Waals surface area (Å²) in [5.74, 6) is 0. The van der Waals surface area contributed by atoms with Crippen molar-refractivity contribution in [3.8, 4) is 0 Å². The SMILES string of the molecule is CC(C)(C)c1cn2c(=O)n(NCCCN3CCOCC3)nc2cn1. The van der Waals surface area contributed by atoms with Gasteiger partial charge in [0.1, 0.15) is 0 Å². The van der Waals surface area contributed by atoms with Gasteiger partial charge < -0.3 is 10.2 Å². The molecule has 1 aliphatic heterocycles. The summed E-state index contributed by atoms with van der Waals surface area (Å²) < 4.78 is 6.88. The Morgan fingerprint density at radius 2 is 2.04 bits per heavy atom. The second-order valence-corrected chi connectivity index (χ2v) is 7.16. The average Bonchev–Trinajstić information content (AvgIpc) is 2.88. The molecular formula is C16H26N6O2. The van der Waals surface area contributed by atoms with Gasteiger partial charge in [-0.05, 0) is 6.42 Å². The monoisotopic (exact) mass is 334 g/mol. The second kappa shape index (κ2) is 6.90. The molecule has 0 unspecified atom stereocenters. The van der Waals surface area contributed by atoms with Crippen LogP contribution in [-0.4, -0.2) is 63.6 Å². The number of nitrogens with zero attached hydrogens (tertiary/aromatic N) is 5. The normalized spacial score (nSPS) is 16.6. The molecule has 3 heterocycles. The molecule has 0 radical (unpaired) electrons. The number of ether oxygens (including phenoxy) is 1. The maximum Gasteiger partial charge on any atom is 0.369 e. The number of morpholine rings is 1. The van der Waals surface area contributed by atoms with Gasteiger partial charge in [0.2, 0.25) is 0 Å². The van der Waals surface area contributed by atoms with Gasteiger partial charge in [-0.15, -0.1) is 9.89 Å². The third-order valence-electron chi connectivity index (χ3n) is 4.19. The largest absolute Gasteiger partial charge is 0.379 e. The van der Waals surface area contributed by atoms with Gasteiger partial charge >= 0.3 is 5.69 Å². The van der Waals surface area contributed by atoms with Crippen LogP contribution in [0.2, 0.25) is 0 Å². The molecule has 1 aliphatic rings. The van der Waals surface area contributed by atoms with Gasteiger partial charge in [0.15, 0.2) is 5.65 Å². The van der Waals surface area contributed by atoms with Crippen LogP contribution in [-0.2, 0) is 10.2 Å². The summed E-state index contributed by atoms with van der Waals surface area (Å²) in [4.78, 5) is 20.5. The molecule has 24 heavy (non-hydrogen) atoms. The molecule has 1 N–H and O–H groups in total. The number of rotatable bonds is 5. The third kappa shape index (κ3) is 3.76. The van der Waals surface area contributed by atoms with Crippen molar-refractivity contribution in [1.82, 2.24) is 24.2 Å². The van der Waals surface area contributed by atoms with Crippen molar-refractivity contribution >= 4 is 5.65 Å². The van der Waals surface area contributed by atoms with Gasteiger partial charge in [0.25, 0.3) is 0 Å². The predicted molar refractivity (Wildman–Crippen MR) is 92.1 cm³/mol. The van der Waals surface area contributed by atoms with E-state index >= 15 is 0 Å². The molecule has 132 valence electrons. The molecule has 3 rings (SSSR count). The van der Waals surface area contributed by atoms with Crippen LogP contribution in [0.15, 0.2) is 17.2 Å². The lowest BCUT2D eigenvalue weighted by molar-refractivity contribution is 0.0377. The summed E-state index contributed by atoms with van der Waals surface area (Å²) in [6.07, 6.45) is 4.37. The number of nitrogens with one attached hydrogen (secondary N) is 1. The van der Waals surface area contributed by atoms with E-state index in [1.54, 1.807) is 16.8 Å². The smallest absolute Gasteiger partial charge is 0.369 e. The predicted octanol–water partition coefficient (Wildman–Crippen LogP) is 0.454. The fraction of sp³-hybridized carbons (Fsp3) is 0.688. The van der Waals surface area contributed by atoms with Crippen molar-refractivity contribution in [1.29, 1.82) is 0 Å². The maximum absolute atomic E-state index is 12.4. The zero-order valence-corrected chi connectivity index (χ0v) is 14.7. The minimum Gasteiger partial charge on any atom is -0.379 e. The minimum absolute atomic E-state index is 0.110. The van der Waals surface area contributed by atoms with E-state index < -0.39 is 0 Å². The molecule has 0 atom stereocenters. The van der Waals surface area contributed by atoms with Crippen LogP contribution < -0.4 is 11.1 Å². The van der Waals surface area contributed by atoms with Gasteiger partial charge in [-0.3, -0.25) is 9.88 Å². The molecule has 0 saturated carbocycles. The molecule has 8 heteroatoms. The molecular weight excluding hydrogens is 308 g/mol. The third-order valence-corrected chi connectivity index (χ3v) is 4.19. The Morgan fingerprint density at radius 3 is 2.75 bits per heavy atom. The first kappa shape index (κ1) is 16.9. The number of aromatic nitrogens is 4. The molecule has 0 bridgehead atoms. The number of hydrogen-bond donors (Lipinski definition) is 1. The van der Waals surface area contributed by atoms with Crippen molar-refractivity contribution < 1.29 is 4.74 Å². The first-order chi connectivity index (χ1) is 11.4. The summed E-state index contributed by atoms with van der Waals surface area (Å²) in [5, 5.41) is 4.28. The van der Waals surface area contributed by atoms with E-state index in [2.05, 4.69) is 41.2 Å². The first-order valence-electron chi connectivity index (χ1n) is 8.47. The van der Waals surface area contributed by atoms with Crippen LogP contribution in [0.4, 0.5) is 0 Å². The Morgan fingerprint density at radius 1 is 1.29 bits per heavy atom. The molecule has 1 fully saturated rings. The van der Waals surface area contributed by atoms with E-state index in [1.807, 2.05) is 0 Å². The van der Waals surface area contributed by atoms with E-state index in [0.29, 0.717) is 12.2 Å². The standard InChI is InChI=1S/C16H26N6O2/c1-16(2,3)13-12-21-14(11-17-13)19-22(15(21)23)18-5-4-6-20-7-9-24-10-8-20/h11-12,18H,4-10H2,1-3H3. The molecule has 0 spiro atoms. The Hall–Kier alpha value is -1.93. The number of fused-ring (bicyclic) bond motifs is 1. The van der Waals surface area contributed by atoms with E-state index in [1.165, 1.54) is 4.79 Å². The summed E-state index contributed by atoms with van der Waals surface area (Å²) in [5.41, 5.74) is 4.20. The van der Waals surface area contributed by atoms with Crippen LogP contribution >= 0.6 is 0 Å². The van der Waals surface area contributed by atoms with Crippen LogP contribution in [0.25, 0.3) is 5.65 Å². The topological polar surface area (TPSA) is 76.7 Å². The van der Waals surface area contributed by atoms with Crippen LogP contribution in [0, 0.1) is 0 Å². The molecule has 8 nitrogen and oxygen atoms in total. The van der Waals surface area contributed by atoms with Crippen molar-refractivity contribution in [2.45, 2.75) is 32.6 Å². The highest BCUT2D eigenvalue weighted by atomic mass is 16.5. The molecule has 0 amide bonds. The Bertz CT molecular complexity index is 739. The van der Waals surface area contributed by atoms with Gasteiger partial charge in [-0.2, -0.15) is 0 Å². The zero-order chi connectivity index (χ0) is 17.2. The van der Waals surface area contributed by atoms with Gasteiger partial charge in [0.05, 0.1) is 25.1 Å². The Kier molecular flexibility index (Phi) is 4.86. The Balaban J connectivity index is 1.62. The molecule has 2 aromatic rings. The Labute approximate surface area is 141 Å². The highest BCUT2D eigenvalue weighted by Gasteiger charge is 2.17. The molecule has 2 aromatic heterocycles. The van der Waals surface area contributed by atoms with Crippen LogP contribution in [0.1, 0.15) is 32.9 Å². The summed E-state index contributed by atoms with van der Waals surface area (Å²) in [6.45, 7) is 11.5. The summed E-state index contributed by atoms with van der Waals surface area (Å²) in [6, 6.07) is 0. The van der Waals surface area contributed by atoms with Crippen LogP contribution in [0.5, 0.6) is 0 Å². The van der Waals surface area contributed by atoms with Gasteiger partial charge in [0, 0.05) is 37.8 Å². The van der Waals surface area contributed by atoms with Crippen LogP contribution in [0.3, 0.4) is 0 Å². The van der Waals surface area contributed by atoms with E-state index in [0.717, 1.165) is 45.0 Å². The van der Waals surface area contributed by atoms with Gasteiger partial charge in [-0.25, -0.2) is 9.20 Å². The lowest BCUT2D eigenvalue weighted by atomic mass is 9.93. The molecule has 0 aliphatic carbocycles. The summed E-state index contributed by atoms with van der Waals surface area (Å²) in [7, 11) is 0. The zero-order valence-electron chi connectivity index (χ0n) is 14.7. The lowest BCUT2D eigenvalue weighted by Crippen LogP contribution is -2.38. The highest BCUT2D eigenvalue weighted by molar-refractivity contribution is 5.34. The van der Waals surface area contributed by atoms with Crippen molar-refractivity contribution in [2.75, 3.05) is 44.8 Å². The minimum atomic E-state index is -0.190. The van der Waals surface area contributed by atoms with E-state index in [9.17, 15) is 4.79 Å². The van der Waals surface area contributed by atoms with Crippen molar-refractivity contribution in [3.05, 3.63) is 28.6 Å². The fourth-order valence-electron chi connectivity index (χ4n) is 2.69. The van der Waals surface area contributed by atoms with Crippen molar-refractivity contribution in [2.24, 2.45) is 0 Å².